The molecule has 48 heavy (non-hydrogen) atoms. The maximum Gasteiger partial charge on any atom is 0.303 e. The van der Waals surface area contributed by atoms with E-state index in [0.29, 0.717) is 32.3 Å². The van der Waals surface area contributed by atoms with Crippen LogP contribution < -0.4 is 0 Å². The average molecular weight is 655 g/mol. The number of hydrogen-bond donors (Lipinski definition) is 2. The molecular formula is C40H46O8. The van der Waals surface area contributed by atoms with E-state index in [2.05, 4.69) is 0 Å². The average Bonchev–Trinajstić information content (AvgIpc) is 3.11. The zero-order valence-electron chi connectivity index (χ0n) is 27.3. The third kappa shape index (κ3) is 10.6. The Bertz CT molecular complexity index is 1470. The van der Waals surface area contributed by atoms with Gasteiger partial charge in [-0.15, -0.1) is 0 Å². The first-order valence-corrected chi connectivity index (χ1v) is 16.7. The number of carbonyl (C=O) groups is 1. The normalized spacial score (nSPS) is 22.4. The maximum atomic E-state index is 11.7. The summed E-state index contributed by atoms with van der Waals surface area (Å²) in [4.78, 5) is 11.2. The Hall–Kier alpha value is -3.89. The van der Waals surface area contributed by atoms with Crippen LogP contribution in [0.2, 0.25) is 0 Å². The van der Waals surface area contributed by atoms with Crippen LogP contribution in [0.25, 0.3) is 0 Å². The Kier molecular flexibility index (Phi) is 13.7. The molecule has 1 saturated heterocycles. The predicted octanol–water partition coefficient (Wildman–Crippen LogP) is 7.08. The van der Waals surface area contributed by atoms with Crippen molar-refractivity contribution >= 4 is 5.97 Å². The number of rotatable bonds is 19. The third-order valence-electron chi connectivity index (χ3n) is 8.57. The van der Waals surface area contributed by atoms with Crippen LogP contribution >= 0.6 is 0 Å². The highest BCUT2D eigenvalue weighted by molar-refractivity contribution is 5.66. The summed E-state index contributed by atoms with van der Waals surface area (Å²) in [6, 6.07) is 39.4. The molecule has 0 saturated carbocycles. The van der Waals surface area contributed by atoms with E-state index in [1.165, 1.54) is 0 Å². The van der Waals surface area contributed by atoms with Crippen molar-refractivity contribution < 1.29 is 38.7 Å². The Labute approximate surface area is 283 Å². The summed E-state index contributed by atoms with van der Waals surface area (Å²) in [7, 11) is 0. The van der Waals surface area contributed by atoms with Gasteiger partial charge in [-0.05, 0) is 35.1 Å². The van der Waals surface area contributed by atoms with Crippen molar-refractivity contribution in [3.8, 4) is 0 Å². The Balaban J connectivity index is 1.47. The zero-order valence-corrected chi connectivity index (χ0v) is 27.3. The first-order valence-electron chi connectivity index (χ1n) is 16.7. The van der Waals surface area contributed by atoms with Crippen molar-refractivity contribution in [3.05, 3.63) is 144 Å². The molecule has 4 aromatic carbocycles. The molecule has 0 radical (unpaired) electrons. The minimum Gasteiger partial charge on any atom is -0.481 e. The van der Waals surface area contributed by atoms with Gasteiger partial charge in [-0.1, -0.05) is 134 Å². The zero-order chi connectivity index (χ0) is 33.4. The second kappa shape index (κ2) is 18.6. The van der Waals surface area contributed by atoms with Crippen LogP contribution in [0.3, 0.4) is 0 Å². The number of unbranched alkanes of at least 4 members (excludes halogenated alkanes) is 2. The summed E-state index contributed by atoms with van der Waals surface area (Å²) in [5.74, 6) is -0.822. The van der Waals surface area contributed by atoms with E-state index < -0.39 is 36.2 Å². The lowest BCUT2D eigenvalue weighted by Crippen LogP contribution is -2.67. The summed E-state index contributed by atoms with van der Waals surface area (Å²) in [5, 5.41) is 20.9. The van der Waals surface area contributed by atoms with Crippen molar-refractivity contribution in [2.45, 2.75) is 88.7 Å². The van der Waals surface area contributed by atoms with Gasteiger partial charge in [0, 0.05) is 6.42 Å². The van der Waals surface area contributed by atoms with Crippen molar-refractivity contribution in [1.82, 2.24) is 0 Å². The summed E-state index contributed by atoms with van der Waals surface area (Å²) >= 11 is 0. The third-order valence-corrected chi connectivity index (χ3v) is 8.57. The largest absolute Gasteiger partial charge is 0.481 e. The van der Waals surface area contributed by atoms with Gasteiger partial charge in [0.15, 0.2) is 6.29 Å². The van der Waals surface area contributed by atoms with Gasteiger partial charge in [0.1, 0.15) is 23.9 Å². The molecule has 1 heterocycles. The quantitative estimate of drug-likeness (QED) is 0.103. The predicted molar refractivity (Wildman–Crippen MR) is 182 cm³/mol. The number of carboxylic acids is 1. The lowest BCUT2D eigenvalue weighted by molar-refractivity contribution is -0.354. The molecule has 4 aromatic rings. The van der Waals surface area contributed by atoms with E-state index in [1.54, 1.807) is 0 Å². The molecule has 0 aliphatic carbocycles. The molecule has 5 atom stereocenters. The van der Waals surface area contributed by atoms with Crippen molar-refractivity contribution in [2.24, 2.45) is 0 Å². The standard InChI is InChI=1S/C40H46O8/c41-35(42)24-14-5-15-25-40(30-44-26-31-16-6-1-7-17-31)38(47-29-34-22-12-4-13-23-34)36(45-27-32-18-8-2-9-19-32)37(39(43)48-40)46-28-33-20-10-3-11-21-33/h1-4,6-13,16-23,36-39,43H,5,14-15,24-30H2,(H,41,42)/t36-,37+,38+,39+,40-/m1/s1. The number of aliphatic hydroxyl groups excluding tert-OH is 1. The number of benzene rings is 4. The Morgan fingerprint density at radius 1 is 0.604 bits per heavy atom. The first kappa shape index (κ1) is 35.4. The number of aliphatic hydroxyl groups is 1. The van der Waals surface area contributed by atoms with E-state index in [9.17, 15) is 15.0 Å². The van der Waals surface area contributed by atoms with E-state index >= 15 is 0 Å². The maximum absolute atomic E-state index is 11.7. The molecule has 0 spiro atoms. The van der Waals surface area contributed by atoms with Crippen LogP contribution in [-0.4, -0.2) is 53.0 Å². The molecule has 0 aromatic heterocycles. The highest BCUT2D eigenvalue weighted by Crippen LogP contribution is 2.40. The van der Waals surface area contributed by atoms with Crippen molar-refractivity contribution in [2.75, 3.05) is 6.61 Å². The van der Waals surface area contributed by atoms with E-state index in [0.717, 1.165) is 22.3 Å². The molecule has 1 aliphatic rings. The van der Waals surface area contributed by atoms with Crippen LogP contribution in [0.1, 0.15) is 54.4 Å². The lowest BCUT2D eigenvalue weighted by atomic mass is 9.82. The number of ether oxygens (including phenoxy) is 5. The molecule has 2 N–H and O–H groups in total. The van der Waals surface area contributed by atoms with Gasteiger partial charge in [-0.25, -0.2) is 0 Å². The summed E-state index contributed by atoms with van der Waals surface area (Å²) in [6.07, 6.45) is -1.27. The highest BCUT2D eigenvalue weighted by Gasteiger charge is 2.56. The summed E-state index contributed by atoms with van der Waals surface area (Å²) < 4.78 is 32.9. The second-order valence-electron chi connectivity index (χ2n) is 12.2. The fraction of sp³-hybridized carbons (Fsp3) is 0.375. The molecule has 1 aliphatic heterocycles. The highest BCUT2D eigenvalue weighted by atomic mass is 16.7. The fourth-order valence-electron chi connectivity index (χ4n) is 6.09. The molecular weight excluding hydrogens is 608 g/mol. The molecule has 8 heteroatoms. The van der Waals surface area contributed by atoms with Crippen molar-refractivity contribution in [1.29, 1.82) is 0 Å². The van der Waals surface area contributed by atoms with Gasteiger partial charge in [-0.3, -0.25) is 4.79 Å². The van der Waals surface area contributed by atoms with Gasteiger partial charge in [0.2, 0.25) is 0 Å². The monoisotopic (exact) mass is 654 g/mol. The minimum absolute atomic E-state index is 0.0904. The Morgan fingerprint density at radius 2 is 1.06 bits per heavy atom. The van der Waals surface area contributed by atoms with Gasteiger partial charge in [0.05, 0.1) is 33.0 Å². The van der Waals surface area contributed by atoms with E-state index in [1.807, 2.05) is 121 Å². The van der Waals surface area contributed by atoms with Crippen LogP contribution in [0.4, 0.5) is 0 Å². The molecule has 0 amide bonds. The minimum atomic E-state index is -1.34. The second-order valence-corrected chi connectivity index (χ2v) is 12.2. The van der Waals surface area contributed by atoms with Crippen LogP contribution in [0.15, 0.2) is 121 Å². The van der Waals surface area contributed by atoms with Crippen LogP contribution in [0, 0.1) is 0 Å². The summed E-state index contributed by atoms with van der Waals surface area (Å²) in [5.41, 5.74) is 2.79. The van der Waals surface area contributed by atoms with Gasteiger partial charge >= 0.3 is 5.97 Å². The fourth-order valence-corrected chi connectivity index (χ4v) is 6.09. The van der Waals surface area contributed by atoms with Gasteiger partial charge in [0.25, 0.3) is 0 Å². The number of carboxylic acid groups (broad SMARTS) is 1. The molecule has 254 valence electrons. The lowest BCUT2D eigenvalue weighted by Gasteiger charge is -2.51. The summed E-state index contributed by atoms with van der Waals surface area (Å²) in [6.45, 7) is 1.26. The molecule has 0 bridgehead atoms. The number of hydrogen-bond acceptors (Lipinski definition) is 7. The van der Waals surface area contributed by atoms with E-state index in [-0.39, 0.29) is 32.8 Å². The smallest absolute Gasteiger partial charge is 0.303 e. The molecule has 1 fully saturated rings. The molecule has 8 nitrogen and oxygen atoms in total. The number of aliphatic carboxylic acids is 1. The van der Waals surface area contributed by atoms with Gasteiger partial charge < -0.3 is 33.9 Å². The van der Waals surface area contributed by atoms with E-state index in [4.69, 9.17) is 23.7 Å². The Morgan fingerprint density at radius 3 is 1.56 bits per heavy atom. The molecule has 0 unspecified atom stereocenters. The SMILES string of the molecule is O=C(O)CCCCC[C@]1(COCc2ccccc2)O[C@H](O)[C@@H](OCc2ccccc2)[C@@H](OCc2ccccc2)[C@@H]1OCc1ccccc1. The first-order chi connectivity index (χ1) is 23.5. The molecule has 5 rings (SSSR count). The topological polar surface area (TPSA) is 104 Å². The van der Waals surface area contributed by atoms with Crippen molar-refractivity contribution in [3.63, 3.8) is 0 Å². The van der Waals surface area contributed by atoms with Crippen LogP contribution in [0.5, 0.6) is 0 Å². The van der Waals surface area contributed by atoms with Gasteiger partial charge in [-0.2, -0.15) is 0 Å². The van der Waals surface area contributed by atoms with Crippen LogP contribution in [-0.2, 0) is 54.9 Å².